The molecule has 0 atom stereocenters. The third-order valence-corrected chi connectivity index (χ3v) is 2.09. The van der Waals surface area contributed by atoms with Crippen LogP contribution in [-0.4, -0.2) is 37.3 Å². The van der Waals surface area contributed by atoms with Crippen molar-refractivity contribution in [1.82, 2.24) is 4.98 Å². The summed E-state index contributed by atoms with van der Waals surface area (Å²) in [5.74, 6) is 0.316. The molecular formula is C12H14F3NO3. The van der Waals surface area contributed by atoms with Crippen molar-refractivity contribution in [2.24, 2.45) is 0 Å². The zero-order valence-electron chi connectivity index (χ0n) is 10.4. The number of hydrogen-bond donors (Lipinski definition) is 0. The summed E-state index contributed by atoms with van der Waals surface area (Å²) >= 11 is 0. The predicted molar refractivity (Wildman–Crippen MR) is 61.3 cm³/mol. The fraction of sp³-hybridized carbons (Fsp3) is 0.500. The lowest BCUT2D eigenvalue weighted by molar-refractivity contribution is -0.174. The van der Waals surface area contributed by atoms with E-state index in [0.29, 0.717) is 24.2 Å². The third-order valence-electron chi connectivity index (χ3n) is 2.09. The third kappa shape index (κ3) is 6.19. The molecule has 0 aliphatic heterocycles. The van der Waals surface area contributed by atoms with Gasteiger partial charge in [0, 0.05) is 12.1 Å². The lowest BCUT2D eigenvalue weighted by Gasteiger charge is -2.09. The van der Waals surface area contributed by atoms with E-state index in [2.05, 4.69) is 9.72 Å². The summed E-state index contributed by atoms with van der Waals surface area (Å²) < 4.78 is 45.0. The Morgan fingerprint density at radius 2 is 2.05 bits per heavy atom. The van der Waals surface area contributed by atoms with Gasteiger partial charge in [0.05, 0.1) is 13.2 Å². The molecule has 0 fully saturated rings. The number of alkyl halides is 3. The van der Waals surface area contributed by atoms with Gasteiger partial charge in [-0.15, -0.1) is 0 Å². The van der Waals surface area contributed by atoms with Gasteiger partial charge >= 0.3 is 6.18 Å². The summed E-state index contributed by atoms with van der Waals surface area (Å²) in [6, 6.07) is 3.28. The van der Waals surface area contributed by atoms with E-state index in [1.807, 2.05) is 0 Å². The minimum absolute atomic E-state index is 0.0603. The van der Waals surface area contributed by atoms with E-state index in [1.165, 1.54) is 0 Å². The first-order valence-corrected chi connectivity index (χ1v) is 5.62. The highest BCUT2D eigenvalue weighted by atomic mass is 19.4. The van der Waals surface area contributed by atoms with Gasteiger partial charge < -0.3 is 9.47 Å². The van der Waals surface area contributed by atoms with Crippen LogP contribution in [0.25, 0.3) is 0 Å². The molecular weight excluding hydrogens is 263 g/mol. The number of pyridine rings is 1. The molecule has 0 spiro atoms. The summed E-state index contributed by atoms with van der Waals surface area (Å²) in [6.07, 6.45) is -3.45. The summed E-state index contributed by atoms with van der Waals surface area (Å²) in [4.78, 5) is 14.7. The lowest BCUT2D eigenvalue weighted by atomic mass is 10.3. The number of ether oxygens (including phenoxy) is 2. The molecule has 0 saturated carbocycles. The van der Waals surface area contributed by atoms with E-state index in [0.717, 1.165) is 0 Å². The van der Waals surface area contributed by atoms with Gasteiger partial charge in [-0.2, -0.15) is 13.2 Å². The number of rotatable bonds is 7. The Kier molecular flexibility index (Phi) is 5.75. The Labute approximate surface area is 108 Å². The van der Waals surface area contributed by atoms with Gasteiger partial charge in [-0.1, -0.05) is 0 Å². The minimum Gasteiger partial charge on any atom is -0.491 e. The number of aldehydes is 1. The number of nitrogens with zero attached hydrogens (tertiary/aromatic N) is 1. The second-order valence-corrected chi connectivity index (χ2v) is 3.82. The van der Waals surface area contributed by atoms with E-state index in [1.54, 1.807) is 19.1 Å². The molecule has 0 amide bonds. The van der Waals surface area contributed by atoms with E-state index >= 15 is 0 Å². The van der Waals surface area contributed by atoms with Crippen molar-refractivity contribution in [1.29, 1.82) is 0 Å². The molecule has 0 aliphatic carbocycles. The number of halogens is 3. The highest BCUT2D eigenvalue weighted by Crippen LogP contribution is 2.16. The van der Waals surface area contributed by atoms with Crippen LogP contribution >= 0.6 is 0 Å². The molecule has 4 nitrogen and oxygen atoms in total. The second-order valence-electron chi connectivity index (χ2n) is 3.82. The van der Waals surface area contributed by atoms with Crippen molar-refractivity contribution in [3.05, 3.63) is 23.5 Å². The molecule has 0 aliphatic rings. The number of aromatic nitrogens is 1. The Balaban J connectivity index is 2.28. The average molecular weight is 277 g/mol. The van der Waals surface area contributed by atoms with Gasteiger partial charge in [0.1, 0.15) is 18.1 Å². The SMILES string of the molecule is Cc1ccc(OCCCOCC(F)(F)F)c(C=O)n1. The molecule has 0 N–H and O–H groups in total. The molecule has 1 heterocycles. The summed E-state index contributed by atoms with van der Waals surface area (Å²) in [5, 5.41) is 0. The lowest BCUT2D eigenvalue weighted by Crippen LogP contribution is -2.18. The topological polar surface area (TPSA) is 48.4 Å². The maximum Gasteiger partial charge on any atom is 0.411 e. The van der Waals surface area contributed by atoms with Crippen LogP contribution in [0.1, 0.15) is 22.6 Å². The number of aryl methyl sites for hydroxylation is 1. The van der Waals surface area contributed by atoms with Crippen LogP contribution in [0.15, 0.2) is 12.1 Å². The largest absolute Gasteiger partial charge is 0.491 e. The summed E-state index contributed by atoms with van der Waals surface area (Å²) in [5.41, 5.74) is 0.860. The van der Waals surface area contributed by atoms with Crippen LogP contribution in [0.5, 0.6) is 5.75 Å². The molecule has 7 heteroatoms. The highest BCUT2D eigenvalue weighted by molar-refractivity contribution is 5.76. The van der Waals surface area contributed by atoms with Crippen LogP contribution < -0.4 is 4.74 Å². The first-order valence-electron chi connectivity index (χ1n) is 5.62. The van der Waals surface area contributed by atoms with E-state index < -0.39 is 12.8 Å². The molecule has 0 radical (unpaired) electrons. The van der Waals surface area contributed by atoms with Crippen molar-refractivity contribution in [2.45, 2.75) is 19.5 Å². The predicted octanol–water partition coefficient (Wildman–Crippen LogP) is 2.55. The molecule has 0 saturated heterocycles. The Hall–Kier alpha value is -1.63. The summed E-state index contributed by atoms with van der Waals surface area (Å²) in [7, 11) is 0. The zero-order valence-corrected chi connectivity index (χ0v) is 10.4. The Morgan fingerprint density at radius 1 is 1.32 bits per heavy atom. The van der Waals surface area contributed by atoms with Crippen molar-refractivity contribution in [3.63, 3.8) is 0 Å². The van der Waals surface area contributed by atoms with Crippen LogP contribution in [0.3, 0.4) is 0 Å². The normalized spacial score (nSPS) is 11.4. The first-order chi connectivity index (χ1) is 8.92. The smallest absolute Gasteiger partial charge is 0.411 e. The average Bonchev–Trinajstić information content (AvgIpc) is 2.33. The van der Waals surface area contributed by atoms with Crippen molar-refractivity contribution in [3.8, 4) is 5.75 Å². The standard InChI is InChI=1S/C12H14F3NO3/c1-9-3-4-11(10(7-17)16-9)19-6-2-5-18-8-12(13,14)15/h3-4,7H,2,5-6,8H2,1H3. The fourth-order valence-electron chi connectivity index (χ4n) is 1.30. The van der Waals surface area contributed by atoms with Gasteiger partial charge in [0.25, 0.3) is 0 Å². The monoisotopic (exact) mass is 277 g/mol. The number of carbonyl (C=O) groups is 1. The molecule has 1 rings (SSSR count). The molecule has 19 heavy (non-hydrogen) atoms. The highest BCUT2D eigenvalue weighted by Gasteiger charge is 2.27. The van der Waals surface area contributed by atoms with E-state index in [-0.39, 0.29) is 18.9 Å². The molecule has 1 aromatic rings. The molecule has 1 aromatic heterocycles. The number of carbonyl (C=O) groups excluding carboxylic acids is 1. The van der Waals surface area contributed by atoms with E-state index in [4.69, 9.17) is 4.74 Å². The van der Waals surface area contributed by atoms with Gasteiger partial charge in [-0.05, 0) is 19.1 Å². The Bertz CT molecular complexity index is 421. The molecule has 106 valence electrons. The van der Waals surface area contributed by atoms with Crippen LogP contribution in [0.2, 0.25) is 0 Å². The fourth-order valence-corrected chi connectivity index (χ4v) is 1.30. The van der Waals surface area contributed by atoms with Gasteiger partial charge in [-0.3, -0.25) is 4.79 Å². The van der Waals surface area contributed by atoms with Gasteiger partial charge in [0.15, 0.2) is 6.29 Å². The van der Waals surface area contributed by atoms with Crippen molar-refractivity contribution >= 4 is 6.29 Å². The van der Waals surface area contributed by atoms with Crippen LogP contribution in [0.4, 0.5) is 13.2 Å². The quantitative estimate of drug-likeness (QED) is 0.567. The van der Waals surface area contributed by atoms with Crippen LogP contribution in [0, 0.1) is 6.92 Å². The summed E-state index contributed by atoms with van der Waals surface area (Å²) in [6.45, 7) is 0.569. The van der Waals surface area contributed by atoms with E-state index in [9.17, 15) is 18.0 Å². The second kappa shape index (κ2) is 7.08. The maximum atomic E-state index is 11.8. The Morgan fingerprint density at radius 3 is 2.68 bits per heavy atom. The first kappa shape index (κ1) is 15.4. The number of hydrogen-bond acceptors (Lipinski definition) is 4. The van der Waals surface area contributed by atoms with Crippen LogP contribution in [-0.2, 0) is 4.74 Å². The van der Waals surface area contributed by atoms with Crippen molar-refractivity contribution < 1.29 is 27.4 Å². The maximum absolute atomic E-state index is 11.8. The molecule has 0 bridgehead atoms. The molecule has 0 unspecified atom stereocenters. The van der Waals surface area contributed by atoms with Crippen molar-refractivity contribution in [2.75, 3.05) is 19.8 Å². The zero-order chi connectivity index (χ0) is 14.3. The minimum atomic E-state index is -4.31. The molecule has 0 aromatic carbocycles. The van der Waals surface area contributed by atoms with Gasteiger partial charge in [0.2, 0.25) is 0 Å². The van der Waals surface area contributed by atoms with Gasteiger partial charge in [-0.25, -0.2) is 4.98 Å².